The van der Waals surface area contributed by atoms with E-state index < -0.39 is 121 Å². The van der Waals surface area contributed by atoms with Crippen molar-refractivity contribution < 1.29 is 52.9 Å². The number of ether oxygens (including phenoxy) is 2. The minimum atomic E-state index is -3.88. The Labute approximate surface area is 247 Å². The Balaban J connectivity index is 1.56. The molecule has 3 heterocycles. The van der Waals surface area contributed by atoms with Gasteiger partial charge in [-0.3, -0.25) is 24.6 Å². The van der Waals surface area contributed by atoms with Crippen molar-refractivity contribution in [3.05, 3.63) is 64.5 Å². The largest absolute Gasteiger partial charge is 0.488 e. The van der Waals surface area contributed by atoms with E-state index in [1.165, 1.54) is 5.32 Å². The van der Waals surface area contributed by atoms with Crippen LogP contribution in [0.25, 0.3) is 0 Å². The summed E-state index contributed by atoms with van der Waals surface area (Å²) in [6, 6.07) is 0.834. The van der Waals surface area contributed by atoms with Crippen LogP contribution in [0.4, 0.5) is 4.39 Å². The van der Waals surface area contributed by atoms with Crippen molar-refractivity contribution >= 4 is 17.7 Å². The number of carbonyl (C=O) groups excluding carboxylic acids is 3. The molecule has 3 aliphatic heterocycles. The van der Waals surface area contributed by atoms with Crippen molar-refractivity contribution in [2.75, 3.05) is 13.0 Å². The first-order valence-electron chi connectivity index (χ1n) is 20.2. The molecule has 0 bridgehead atoms. The van der Waals surface area contributed by atoms with Crippen LogP contribution >= 0.6 is 0 Å². The number of carbonyl (C=O) groups is 3. The van der Waals surface area contributed by atoms with Crippen molar-refractivity contribution in [1.82, 2.24) is 15.1 Å². The van der Waals surface area contributed by atoms with E-state index >= 15 is 4.39 Å². The van der Waals surface area contributed by atoms with Crippen molar-refractivity contribution in [2.45, 2.75) is 77.1 Å². The molecule has 0 aliphatic carbocycles. The number of morpholine rings is 1. The predicted octanol–water partition coefficient (Wildman–Crippen LogP) is 3.56. The first-order chi connectivity index (χ1) is 24.8. The second kappa shape index (κ2) is 9.78. The quantitative estimate of drug-likeness (QED) is 0.563. The van der Waals surface area contributed by atoms with Gasteiger partial charge in [0.2, 0.25) is 11.8 Å². The van der Waals surface area contributed by atoms with Gasteiger partial charge in [-0.15, -0.1) is 0 Å². The monoisotopic (exact) mass is 541 g/mol. The lowest BCUT2D eigenvalue weighted by Crippen LogP contribution is -2.56. The molecule has 0 aromatic heterocycles. The number of hydrogen-bond acceptors (Lipinski definition) is 6. The molecule has 2 atom stereocenters. The summed E-state index contributed by atoms with van der Waals surface area (Å²) in [5.41, 5.74) is -8.47. The highest BCUT2D eigenvalue weighted by atomic mass is 19.1. The van der Waals surface area contributed by atoms with E-state index in [-0.39, 0.29) is 9.80 Å². The average molecular weight is 542 g/mol. The van der Waals surface area contributed by atoms with Crippen molar-refractivity contribution in [3.8, 4) is 5.75 Å². The highest BCUT2D eigenvalue weighted by Gasteiger charge is 2.40. The number of hydrogen-bond donors (Lipinski definition) is 1. The maximum absolute atomic E-state index is 16.0. The van der Waals surface area contributed by atoms with E-state index in [4.69, 9.17) is 34.1 Å². The molecule has 2 aromatic rings. The van der Waals surface area contributed by atoms with Crippen LogP contribution in [0.15, 0.2) is 36.4 Å². The smallest absolute Gasteiger partial charge is 0.255 e. The second-order valence-electron chi connectivity index (χ2n) is 9.03. The molecule has 0 radical (unpaired) electrons. The van der Waals surface area contributed by atoms with Gasteiger partial charge < -0.3 is 14.4 Å². The molecular formula is C29H34FN3O5. The summed E-state index contributed by atoms with van der Waals surface area (Å²) in [5.74, 6) is -7.68. The van der Waals surface area contributed by atoms with Crippen LogP contribution in [0.2, 0.25) is 0 Å². The van der Waals surface area contributed by atoms with Crippen molar-refractivity contribution in [1.29, 1.82) is 0 Å². The van der Waals surface area contributed by atoms with E-state index in [2.05, 4.69) is 0 Å². The topological polar surface area (TPSA) is 88.2 Å². The fourth-order valence-electron chi connectivity index (χ4n) is 3.90. The highest BCUT2D eigenvalue weighted by molar-refractivity contribution is 6.05. The Morgan fingerprint density at radius 2 is 2.03 bits per heavy atom. The highest BCUT2D eigenvalue weighted by Crippen LogP contribution is 2.34. The van der Waals surface area contributed by atoms with Gasteiger partial charge in [0, 0.05) is 60.4 Å². The fraction of sp³-hybridized carbons (Fsp3) is 0.483. The summed E-state index contributed by atoms with van der Waals surface area (Å²) in [6.45, 7) is -17.1. The van der Waals surface area contributed by atoms with Gasteiger partial charge in [0.15, 0.2) is 0 Å². The number of piperidine rings is 1. The zero-order valence-corrected chi connectivity index (χ0v) is 20.3. The summed E-state index contributed by atoms with van der Waals surface area (Å²) >= 11 is 0. The zero-order chi connectivity index (χ0) is 43.2. The first-order valence-corrected chi connectivity index (χ1v) is 11.2. The standard InChI is InChI=1S/C29H34FN3O5/c1-28(2)16-32(17-29(3,4)38-28)13-18-8-9-19(22(30)12-18)15-37-24-7-5-6-20-21(24)14-33(27(20)36)23-10-11-25(34)31-26(23)35/h5-9,12,23H,10-11,13-17H2,1-4H3,(H,31,34,35)/i1D3,10D2,11D2,13D2,14D2,15D2,16D2,17D2,23D. The summed E-state index contributed by atoms with van der Waals surface area (Å²) in [7, 11) is 0. The van der Waals surface area contributed by atoms with E-state index in [9.17, 15) is 14.4 Å². The van der Waals surface area contributed by atoms with Gasteiger partial charge in [-0.05, 0) is 57.8 Å². The Morgan fingerprint density at radius 3 is 2.79 bits per heavy atom. The third kappa shape index (κ3) is 5.44. The zero-order valence-electron chi connectivity index (χ0n) is 38.3. The van der Waals surface area contributed by atoms with Gasteiger partial charge in [-0.2, -0.15) is 0 Å². The normalized spacial score (nSPS) is 42.0. The molecule has 1 N–H and O–H groups in total. The molecule has 2 saturated heterocycles. The van der Waals surface area contributed by atoms with Gasteiger partial charge in [0.1, 0.15) is 24.1 Å². The molecule has 0 spiro atoms. The number of halogens is 1. The maximum atomic E-state index is 16.0. The number of fused-ring (bicyclic) bond motifs is 1. The van der Waals surface area contributed by atoms with E-state index in [0.717, 1.165) is 45.0 Å². The predicted molar refractivity (Wildman–Crippen MR) is 138 cm³/mol. The Bertz CT molecular complexity index is 2040. The third-order valence-electron chi connectivity index (χ3n) is 5.29. The van der Waals surface area contributed by atoms with E-state index in [0.29, 0.717) is 12.1 Å². The third-order valence-corrected chi connectivity index (χ3v) is 5.29. The molecule has 5 rings (SSSR count). The average Bonchev–Trinajstić information content (AvgIpc) is 3.22. The van der Waals surface area contributed by atoms with Crippen LogP contribution in [-0.4, -0.2) is 57.7 Å². The van der Waals surface area contributed by atoms with Gasteiger partial charge >= 0.3 is 0 Å². The maximum Gasteiger partial charge on any atom is 0.255 e. The van der Waals surface area contributed by atoms with E-state index in [1.54, 1.807) is 0 Å². The van der Waals surface area contributed by atoms with Crippen molar-refractivity contribution in [3.63, 3.8) is 0 Å². The molecule has 38 heavy (non-hydrogen) atoms. The Hall–Kier alpha value is -3.30. The van der Waals surface area contributed by atoms with Crippen LogP contribution in [0.1, 0.15) is 92.1 Å². The molecule has 202 valence electrons. The van der Waals surface area contributed by atoms with E-state index in [1.807, 2.05) is 0 Å². The van der Waals surface area contributed by atoms with Crippen LogP contribution in [-0.2, 0) is 33.9 Å². The number of nitrogens with zero attached hydrogens (tertiary/aromatic N) is 2. The summed E-state index contributed by atoms with van der Waals surface area (Å²) in [4.78, 5) is 38.5. The first kappa shape index (κ1) is 12.3. The van der Waals surface area contributed by atoms with Gasteiger partial charge in [-0.1, -0.05) is 18.2 Å². The Kier molecular flexibility index (Phi) is 3.15. The molecule has 2 unspecified atom stereocenters. The number of imide groups is 1. The summed E-state index contributed by atoms with van der Waals surface area (Å²) in [5, 5.41) is 1.44. The van der Waals surface area contributed by atoms with Gasteiger partial charge in [-0.25, -0.2) is 4.39 Å². The lowest BCUT2D eigenvalue weighted by molar-refractivity contribution is -0.182. The van der Waals surface area contributed by atoms with Crippen LogP contribution in [0.5, 0.6) is 5.75 Å². The van der Waals surface area contributed by atoms with Crippen LogP contribution < -0.4 is 10.1 Å². The van der Waals surface area contributed by atoms with Crippen molar-refractivity contribution in [2.24, 2.45) is 0 Å². The molecule has 9 heteroatoms. The number of rotatable bonds is 6. The SMILES string of the molecule is [2H]C([2H])(Oc1cccc2c1C([2H])([2H])N(C1([2H])C(=O)NC(=O)C([2H])([2H])C1([2H])[2H])C2=O)c1ccc(C([2H])([2H])N2C([2H])([2H])C(C)(C)OC(C)(C([2H])([2H])[2H])C2([2H])[2H])cc1F. The lowest BCUT2D eigenvalue weighted by atomic mass is 9.98. The number of benzene rings is 2. The summed E-state index contributed by atoms with van der Waals surface area (Å²) in [6.07, 6.45) is -7.53. The molecule has 2 fully saturated rings. The molecule has 8 nitrogen and oxygen atoms in total. The molecule has 3 amide bonds. The lowest BCUT2D eigenvalue weighted by Gasteiger charge is -2.47. The summed E-state index contributed by atoms with van der Waals surface area (Å²) < 4.78 is 179. The molecule has 0 saturated carbocycles. The number of amides is 3. The second-order valence-corrected chi connectivity index (χ2v) is 9.03. The van der Waals surface area contributed by atoms with Crippen LogP contribution in [0.3, 0.4) is 0 Å². The minimum absolute atomic E-state index is 0.0317. The fourth-order valence-corrected chi connectivity index (χ4v) is 3.90. The van der Waals surface area contributed by atoms with Crippen LogP contribution in [0, 0.1) is 5.82 Å². The Morgan fingerprint density at radius 1 is 1.24 bits per heavy atom. The number of nitrogens with one attached hydrogen (secondary N) is 1. The molecular weight excluding hydrogens is 489 g/mol. The minimum Gasteiger partial charge on any atom is -0.488 e. The van der Waals surface area contributed by atoms with Gasteiger partial charge in [0.05, 0.1) is 24.6 Å². The molecule has 3 aliphatic rings. The van der Waals surface area contributed by atoms with Gasteiger partial charge in [0.25, 0.3) is 5.91 Å². The molecule has 2 aromatic carbocycles.